The van der Waals surface area contributed by atoms with E-state index in [1.165, 1.54) is 308 Å². The maximum atomic E-state index is 13.2. The van der Waals surface area contributed by atoms with E-state index in [0.717, 1.165) is 95.8 Å². The third-order valence-electron chi connectivity index (χ3n) is 21.0. The molecule has 0 heterocycles. The lowest BCUT2D eigenvalue weighted by Gasteiger charge is -2.21. The number of aliphatic hydroxyl groups is 1. The predicted molar refractivity (Wildman–Crippen MR) is 446 cm³/mol. The van der Waals surface area contributed by atoms with E-state index < -0.39 is 97.5 Å². The zero-order valence-corrected chi connectivity index (χ0v) is 72.8. The first-order valence-electron chi connectivity index (χ1n) is 46.1. The molecule has 0 rings (SSSR count). The van der Waals surface area contributed by atoms with Crippen LogP contribution in [0.2, 0.25) is 0 Å². The highest BCUT2D eigenvalue weighted by Gasteiger charge is 2.30. The maximum absolute atomic E-state index is 13.2. The number of phosphoric acid groups is 2. The van der Waals surface area contributed by atoms with Gasteiger partial charge in [-0.15, -0.1) is 0 Å². The van der Waals surface area contributed by atoms with Gasteiger partial charge < -0.3 is 33.8 Å². The summed E-state index contributed by atoms with van der Waals surface area (Å²) in [6.45, 7) is 7.37. The summed E-state index contributed by atoms with van der Waals surface area (Å²) in [5, 5.41) is 10.7. The van der Waals surface area contributed by atoms with Crippen LogP contribution in [0.25, 0.3) is 0 Å². The van der Waals surface area contributed by atoms with Crippen molar-refractivity contribution in [2.75, 3.05) is 39.6 Å². The molecular weight excluding hydrogens is 1400 g/mol. The Hall–Kier alpha value is -1.94. The number of hydrogen-bond donors (Lipinski definition) is 3. The van der Waals surface area contributed by atoms with Crippen LogP contribution in [0.3, 0.4) is 0 Å². The second-order valence-corrected chi connectivity index (χ2v) is 35.4. The number of unbranched alkanes of at least 4 members (excludes halogenated alkanes) is 61. The van der Waals surface area contributed by atoms with Crippen LogP contribution in [0.5, 0.6) is 0 Å². The molecule has 0 spiro atoms. The lowest BCUT2D eigenvalue weighted by atomic mass is 10.0. The molecule has 0 aliphatic rings. The van der Waals surface area contributed by atoms with Crippen molar-refractivity contribution < 1.29 is 80.2 Å². The van der Waals surface area contributed by atoms with Gasteiger partial charge in [0.15, 0.2) is 12.2 Å². The molecule has 17 nitrogen and oxygen atoms in total. The Bertz CT molecular complexity index is 2050. The van der Waals surface area contributed by atoms with E-state index in [1.54, 1.807) is 0 Å². The summed E-state index contributed by atoms with van der Waals surface area (Å²) < 4.78 is 69.0. The summed E-state index contributed by atoms with van der Waals surface area (Å²) in [6, 6.07) is 0. The van der Waals surface area contributed by atoms with E-state index in [0.29, 0.717) is 25.7 Å². The topological polar surface area (TPSA) is 237 Å². The average molecular weight is 1580 g/mol. The molecule has 0 aliphatic carbocycles. The molecule has 0 aromatic carbocycles. The first-order valence-corrected chi connectivity index (χ1v) is 49.1. The average Bonchev–Trinajstić information content (AvgIpc) is 0.900. The minimum atomic E-state index is -4.97. The van der Waals surface area contributed by atoms with Crippen molar-refractivity contribution in [2.24, 2.45) is 5.92 Å². The molecule has 0 amide bonds. The van der Waals surface area contributed by atoms with Crippen molar-refractivity contribution in [2.45, 2.75) is 502 Å². The summed E-state index contributed by atoms with van der Waals surface area (Å²) in [6.07, 6.45) is 76.5. The van der Waals surface area contributed by atoms with Crippen LogP contribution in [-0.2, 0) is 65.4 Å². The minimum absolute atomic E-state index is 0.109. The van der Waals surface area contributed by atoms with Crippen molar-refractivity contribution in [3.63, 3.8) is 0 Å². The third kappa shape index (κ3) is 82.1. The molecule has 0 saturated carbocycles. The molecule has 0 aromatic heterocycles. The second-order valence-electron chi connectivity index (χ2n) is 32.5. The van der Waals surface area contributed by atoms with E-state index in [4.69, 9.17) is 37.0 Å². The lowest BCUT2D eigenvalue weighted by Crippen LogP contribution is -2.30. The Balaban J connectivity index is 5.24. The van der Waals surface area contributed by atoms with Crippen LogP contribution in [0.4, 0.5) is 0 Å². The van der Waals surface area contributed by atoms with Gasteiger partial charge in [-0.2, -0.15) is 0 Å². The van der Waals surface area contributed by atoms with Crippen LogP contribution >= 0.6 is 15.6 Å². The van der Waals surface area contributed by atoms with Gasteiger partial charge in [0.25, 0.3) is 0 Å². The smallest absolute Gasteiger partial charge is 0.462 e. The Morgan fingerprint density at radius 1 is 0.250 bits per heavy atom. The van der Waals surface area contributed by atoms with Crippen molar-refractivity contribution in [3.8, 4) is 0 Å². The van der Waals surface area contributed by atoms with Crippen molar-refractivity contribution in [3.05, 3.63) is 0 Å². The van der Waals surface area contributed by atoms with E-state index in [2.05, 4.69) is 34.6 Å². The van der Waals surface area contributed by atoms with Crippen LogP contribution in [0.15, 0.2) is 0 Å². The van der Waals surface area contributed by atoms with E-state index in [-0.39, 0.29) is 25.7 Å². The van der Waals surface area contributed by atoms with Crippen LogP contribution in [0, 0.1) is 5.92 Å². The lowest BCUT2D eigenvalue weighted by molar-refractivity contribution is -0.161. The molecule has 642 valence electrons. The maximum Gasteiger partial charge on any atom is 0.472 e. The highest BCUT2D eigenvalue weighted by molar-refractivity contribution is 7.47. The summed E-state index contributed by atoms with van der Waals surface area (Å²) in [5.74, 6) is -1.35. The zero-order valence-electron chi connectivity index (χ0n) is 71.0. The fraction of sp³-hybridized carbons (Fsp3) is 0.955. The summed E-state index contributed by atoms with van der Waals surface area (Å²) in [5.41, 5.74) is 0. The van der Waals surface area contributed by atoms with Crippen molar-refractivity contribution in [1.82, 2.24) is 0 Å². The number of aliphatic hydroxyl groups excluding tert-OH is 1. The number of ether oxygens (including phenoxy) is 4. The van der Waals surface area contributed by atoms with Gasteiger partial charge in [-0.05, 0) is 31.6 Å². The number of carbonyl (C=O) groups excluding carboxylic acids is 4. The van der Waals surface area contributed by atoms with E-state index in [9.17, 15) is 43.2 Å². The summed E-state index contributed by atoms with van der Waals surface area (Å²) in [4.78, 5) is 73.4. The third-order valence-corrected chi connectivity index (χ3v) is 22.9. The van der Waals surface area contributed by atoms with Gasteiger partial charge in [0.2, 0.25) is 0 Å². The molecule has 108 heavy (non-hydrogen) atoms. The van der Waals surface area contributed by atoms with Gasteiger partial charge >= 0.3 is 39.5 Å². The Morgan fingerprint density at radius 2 is 0.426 bits per heavy atom. The summed E-state index contributed by atoms with van der Waals surface area (Å²) >= 11 is 0. The molecule has 2 unspecified atom stereocenters. The number of phosphoric ester groups is 2. The predicted octanol–water partition coefficient (Wildman–Crippen LogP) is 27.5. The Labute approximate surface area is 664 Å². The van der Waals surface area contributed by atoms with E-state index in [1.807, 2.05) is 0 Å². The highest BCUT2D eigenvalue weighted by atomic mass is 31.2. The number of carbonyl (C=O) groups is 4. The molecule has 0 aromatic rings. The van der Waals surface area contributed by atoms with Crippen LogP contribution in [0.1, 0.15) is 484 Å². The normalized spacial score (nSPS) is 13.7. The molecular formula is C89H174O17P2. The minimum Gasteiger partial charge on any atom is -0.462 e. The van der Waals surface area contributed by atoms with Crippen molar-refractivity contribution in [1.29, 1.82) is 0 Å². The van der Waals surface area contributed by atoms with Gasteiger partial charge in [0, 0.05) is 25.7 Å². The SMILES string of the molecule is CCCCCCCCCCCCCCCCCCCCCCC(=O)OC[C@H](COP(=O)(O)OC[C@@H](O)COP(=O)(O)OC[C@@H](COC(=O)CCCCCCCCCCCC(C)C)OC(=O)CCCCCCCCCCCCCCCCCC)OC(=O)CCCCCCCCCCCCCCCCCCCCCC. The molecule has 5 atom stereocenters. The van der Waals surface area contributed by atoms with Gasteiger partial charge in [-0.1, -0.05) is 433 Å². The molecule has 0 saturated heterocycles. The second kappa shape index (κ2) is 81.6. The van der Waals surface area contributed by atoms with Gasteiger partial charge in [0.05, 0.1) is 26.4 Å². The Kier molecular flexibility index (Phi) is 80.2. The summed E-state index contributed by atoms with van der Waals surface area (Å²) in [7, 11) is -9.93. The molecule has 3 N–H and O–H groups in total. The van der Waals surface area contributed by atoms with Crippen LogP contribution < -0.4 is 0 Å². The molecule has 0 bridgehead atoms. The Morgan fingerprint density at radius 3 is 0.630 bits per heavy atom. The van der Waals surface area contributed by atoms with E-state index >= 15 is 0 Å². The highest BCUT2D eigenvalue weighted by Crippen LogP contribution is 2.45. The first-order chi connectivity index (χ1) is 52.5. The standard InChI is InChI=1S/C89H174O17P2/c1-6-9-12-15-18-21-24-27-30-33-35-37-39-42-44-47-52-57-62-67-72-86(91)99-78-84(105-88(93)75-70-65-60-54-49-46-43-40-38-36-34-31-28-25-22-19-16-13-10-7-2)80-103-107(95,96)101-76-83(90)77-102-108(97,98)104-81-85(79-100-87(92)73-68-63-58-55-50-51-56-61-66-71-82(4)5)106-89(94)74-69-64-59-53-48-45-41-32-29-26-23-20-17-14-11-8-3/h82-85,90H,6-81H2,1-5H3,(H,95,96)(H,97,98)/t83-,84-,85-/m1/s1. The number of rotatable bonds is 89. The fourth-order valence-corrected chi connectivity index (χ4v) is 15.6. The van der Waals surface area contributed by atoms with Gasteiger partial charge in [0.1, 0.15) is 19.3 Å². The quantitative estimate of drug-likeness (QED) is 0.0222. The monoisotopic (exact) mass is 1580 g/mol. The van der Waals surface area contributed by atoms with Crippen molar-refractivity contribution >= 4 is 39.5 Å². The zero-order chi connectivity index (χ0) is 79.0. The molecule has 0 fully saturated rings. The first kappa shape index (κ1) is 106. The number of hydrogen-bond acceptors (Lipinski definition) is 15. The molecule has 19 heteroatoms. The van der Waals surface area contributed by atoms with Crippen LogP contribution in [-0.4, -0.2) is 96.7 Å². The molecule has 0 aliphatic heterocycles. The largest absolute Gasteiger partial charge is 0.472 e. The van der Waals surface area contributed by atoms with Gasteiger partial charge in [-0.25, -0.2) is 9.13 Å². The number of esters is 4. The fourth-order valence-electron chi connectivity index (χ4n) is 14.0. The molecule has 0 radical (unpaired) electrons. The van der Waals surface area contributed by atoms with Gasteiger partial charge in [-0.3, -0.25) is 37.3 Å².